The Morgan fingerprint density at radius 1 is 1.09 bits per heavy atom. The van der Waals surface area contributed by atoms with Gasteiger partial charge in [-0.3, -0.25) is 0 Å². The monoisotopic (exact) mass is 364 g/mol. The van der Waals surface area contributed by atoms with Crippen LogP contribution in [0.2, 0.25) is 0 Å². The highest BCUT2D eigenvalue weighted by atomic mass is 79.9. The van der Waals surface area contributed by atoms with E-state index in [0.717, 1.165) is 10.8 Å². The van der Waals surface area contributed by atoms with Gasteiger partial charge >= 0.3 is 0 Å². The van der Waals surface area contributed by atoms with Crippen molar-refractivity contribution in [3.63, 3.8) is 0 Å². The molecule has 0 spiro atoms. The Hall–Kier alpha value is -1.10. The molecule has 4 heteroatoms. The molecule has 1 aliphatic rings. The smallest absolute Gasteiger partial charge is 0.211 e. The first-order valence-electron chi connectivity index (χ1n) is 7.49. The summed E-state index contributed by atoms with van der Waals surface area (Å²) in [6.07, 6.45) is 0. The highest BCUT2D eigenvalue weighted by Gasteiger charge is 2.47. The van der Waals surface area contributed by atoms with E-state index >= 15 is 0 Å². The van der Waals surface area contributed by atoms with Crippen LogP contribution in [0.3, 0.4) is 0 Å². The van der Waals surface area contributed by atoms with E-state index in [1.54, 1.807) is 6.07 Å². The molecular formula is C18H21BrO3. The van der Waals surface area contributed by atoms with E-state index in [4.69, 9.17) is 9.47 Å². The molecule has 1 fully saturated rings. The second kappa shape index (κ2) is 5.52. The Morgan fingerprint density at radius 2 is 1.73 bits per heavy atom. The molecule has 0 aromatic heterocycles. The predicted octanol–water partition coefficient (Wildman–Crippen LogP) is 4.55. The van der Waals surface area contributed by atoms with E-state index in [2.05, 4.69) is 29.8 Å². The molecule has 118 valence electrons. The fourth-order valence-electron chi connectivity index (χ4n) is 2.89. The van der Waals surface area contributed by atoms with Crippen molar-refractivity contribution in [2.75, 3.05) is 13.2 Å². The lowest BCUT2D eigenvalue weighted by Crippen LogP contribution is -2.49. The lowest BCUT2D eigenvalue weighted by Gasteiger charge is -2.45. The number of hydrogen-bond acceptors (Lipinski definition) is 3. The van der Waals surface area contributed by atoms with Crippen molar-refractivity contribution in [2.45, 2.75) is 31.4 Å². The molecule has 0 aliphatic carbocycles. The lowest BCUT2D eigenvalue weighted by molar-refractivity contribution is -0.304. The maximum Gasteiger partial charge on any atom is 0.211 e. The van der Waals surface area contributed by atoms with E-state index in [1.807, 2.05) is 37.3 Å². The molecule has 0 bridgehead atoms. The van der Waals surface area contributed by atoms with Crippen LogP contribution in [0.25, 0.3) is 10.8 Å². The van der Waals surface area contributed by atoms with Gasteiger partial charge in [0, 0.05) is 5.41 Å². The van der Waals surface area contributed by atoms with Crippen molar-refractivity contribution in [3.8, 4) is 5.75 Å². The van der Waals surface area contributed by atoms with Gasteiger partial charge in [-0.05, 0) is 23.8 Å². The van der Waals surface area contributed by atoms with Gasteiger partial charge in [0.25, 0.3) is 0 Å². The third-order valence-corrected chi connectivity index (χ3v) is 4.74. The normalized spacial score (nSPS) is 21.6. The predicted molar refractivity (Wildman–Crippen MR) is 91.4 cm³/mol. The summed E-state index contributed by atoms with van der Waals surface area (Å²) in [5, 5.41) is 12.5. The molecule has 0 amide bonds. The zero-order valence-corrected chi connectivity index (χ0v) is 14.7. The average molecular weight is 365 g/mol. The van der Waals surface area contributed by atoms with E-state index in [1.165, 1.54) is 0 Å². The second-order valence-corrected chi connectivity index (χ2v) is 8.08. The van der Waals surface area contributed by atoms with Crippen molar-refractivity contribution in [3.05, 3.63) is 42.0 Å². The van der Waals surface area contributed by atoms with Crippen LogP contribution in [0.5, 0.6) is 5.75 Å². The summed E-state index contributed by atoms with van der Waals surface area (Å²) in [6.45, 7) is 7.36. The Kier molecular flexibility index (Phi) is 3.96. The maximum absolute atomic E-state index is 10.5. The number of hydrogen-bond donors (Lipinski definition) is 1. The lowest BCUT2D eigenvalue weighted by atomic mass is 9.90. The summed E-state index contributed by atoms with van der Waals surface area (Å²) in [6, 6.07) is 11.6. The number of alkyl halides is 1. The van der Waals surface area contributed by atoms with Gasteiger partial charge in [-0.15, -0.1) is 0 Å². The first kappa shape index (κ1) is 15.8. The van der Waals surface area contributed by atoms with Crippen molar-refractivity contribution >= 4 is 26.7 Å². The summed E-state index contributed by atoms with van der Waals surface area (Å²) in [4.78, 5) is -0.104. The van der Waals surface area contributed by atoms with Crippen molar-refractivity contribution in [1.29, 1.82) is 0 Å². The minimum atomic E-state index is -0.986. The number of halogens is 1. The standard InChI is InChI=1S/C18H21BrO3/c1-12(19)18(21-10-17(2,3)11-22-18)16-14-7-5-4-6-13(14)8-9-15(16)20/h4-9,12,20H,10-11H2,1-3H3. The van der Waals surface area contributed by atoms with Gasteiger partial charge in [-0.2, -0.15) is 0 Å². The van der Waals surface area contributed by atoms with Crippen molar-refractivity contribution in [2.24, 2.45) is 5.41 Å². The fraction of sp³-hybridized carbons (Fsp3) is 0.444. The minimum Gasteiger partial charge on any atom is -0.507 e. The van der Waals surface area contributed by atoms with Crippen LogP contribution in [0.15, 0.2) is 36.4 Å². The number of ether oxygens (including phenoxy) is 2. The second-order valence-electron chi connectivity index (χ2n) is 6.71. The number of rotatable bonds is 2. The van der Waals surface area contributed by atoms with Gasteiger partial charge in [0.15, 0.2) is 0 Å². The Labute approximate surface area is 139 Å². The number of aromatic hydroxyl groups is 1. The summed E-state index contributed by atoms with van der Waals surface area (Å²) in [7, 11) is 0. The number of benzene rings is 2. The summed E-state index contributed by atoms with van der Waals surface area (Å²) in [5.41, 5.74) is 0.663. The molecule has 1 atom stereocenters. The minimum absolute atomic E-state index is 0.0361. The Bertz CT molecular complexity index is 684. The average Bonchev–Trinajstić information content (AvgIpc) is 2.48. The van der Waals surface area contributed by atoms with E-state index in [0.29, 0.717) is 18.8 Å². The van der Waals surface area contributed by atoms with Crippen LogP contribution >= 0.6 is 15.9 Å². The molecule has 2 aromatic carbocycles. The molecule has 3 rings (SSSR count). The highest BCUT2D eigenvalue weighted by molar-refractivity contribution is 9.09. The molecule has 0 saturated carbocycles. The van der Waals surface area contributed by atoms with Crippen molar-refractivity contribution in [1.82, 2.24) is 0 Å². The van der Waals surface area contributed by atoms with Gasteiger partial charge in [0.05, 0.1) is 23.6 Å². The summed E-state index contributed by atoms with van der Waals surface area (Å²) >= 11 is 3.63. The molecule has 1 aliphatic heterocycles. The molecule has 1 saturated heterocycles. The topological polar surface area (TPSA) is 38.7 Å². The van der Waals surface area contributed by atoms with E-state index in [-0.39, 0.29) is 16.0 Å². The summed E-state index contributed by atoms with van der Waals surface area (Å²) < 4.78 is 12.4. The van der Waals surface area contributed by atoms with Crippen LogP contribution in [-0.2, 0) is 15.3 Å². The van der Waals surface area contributed by atoms with Gasteiger partial charge in [0.1, 0.15) is 5.75 Å². The van der Waals surface area contributed by atoms with Crippen LogP contribution in [0, 0.1) is 5.41 Å². The van der Waals surface area contributed by atoms with Crippen LogP contribution < -0.4 is 0 Å². The van der Waals surface area contributed by atoms with Crippen LogP contribution in [0.1, 0.15) is 26.3 Å². The highest BCUT2D eigenvalue weighted by Crippen LogP contribution is 2.47. The third kappa shape index (κ3) is 2.53. The van der Waals surface area contributed by atoms with Gasteiger partial charge in [0.2, 0.25) is 5.79 Å². The number of fused-ring (bicyclic) bond motifs is 1. The van der Waals surface area contributed by atoms with Gasteiger partial charge in [-0.1, -0.05) is 60.1 Å². The SMILES string of the molecule is CC(Br)C1(c2c(O)ccc3ccccc23)OCC(C)(C)CO1. The Morgan fingerprint density at radius 3 is 2.36 bits per heavy atom. The van der Waals surface area contributed by atoms with Crippen LogP contribution in [0.4, 0.5) is 0 Å². The molecule has 1 heterocycles. The molecule has 2 aromatic rings. The summed E-state index contributed by atoms with van der Waals surface area (Å²) in [5.74, 6) is -0.787. The Balaban J connectivity index is 2.20. The molecule has 3 nitrogen and oxygen atoms in total. The number of phenolic OH excluding ortho intramolecular Hbond substituents is 1. The first-order valence-corrected chi connectivity index (χ1v) is 8.40. The molecule has 22 heavy (non-hydrogen) atoms. The quantitative estimate of drug-likeness (QED) is 0.794. The zero-order valence-electron chi connectivity index (χ0n) is 13.1. The van der Waals surface area contributed by atoms with Gasteiger partial charge < -0.3 is 14.6 Å². The molecule has 1 N–H and O–H groups in total. The first-order chi connectivity index (χ1) is 10.4. The zero-order chi connectivity index (χ0) is 16.0. The molecular weight excluding hydrogens is 344 g/mol. The van der Waals surface area contributed by atoms with Crippen molar-refractivity contribution < 1.29 is 14.6 Å². The fourth-order valence-corrected chi connectivity index (χ4v) is 3.38. The molecule has 0 radical (unpaired) electrons. The van der Waals surface area contributed by atoms with E-state index in [9.17, 15) is 5.11 Å². The largest absolute Gasteiger partial charge is 0.507 e. The maximum atomic E-state index is 10.5. The number of phenols is 1. The van der Waals surface area contributed by atoms with E-state index < -0.39 is 5.79 Å². The van der Waals surface area contributed by atoms with Crippen LogP contribution in [-0.4, -0.2) is 23.1 Å². The molecule has 1 unspecified atom stereocenters. The third-order valence-electron chi connectivity index (χ3n) is 4.13. The van der Waals surface area contributed by atoms with Gasteiger partial charge in [-0.25, -0.2) is 0 Å².